The molecule has 0 radical (unpaired) electrons. The summed E-state index contributed by atoms with van der Waals surface area (Å²) < 4.78 is 2.44. The Bertz CT molecular complexity index is 4060. The molecule has 0 amide bonds. The summed E-state index contributed by atoms with van der Waals surface area (Å²) in [6, 6.07) is 70.3. The highest BCUT2D eigenvalue weighted by Gasteiger charge is 2.45. The van der Waals surface area contributed by atoms with E-state index >= 15 is 0 Å². The zero-order valence-electron chi connectivity index (χ0n) is 51.2. The zero-order chi connectivity index (χ0) is 57.5. The van der Waals surface area contributed by atoms with Crippen molar-refractivity contribution in [3.8, 4) is 5.69 Å². The molecule has 2 aliphatic heterocycles. The van der Waals surface area contributed by atoms with Gasteiger partial charge >= 0.3 is 0 Å². The Morgan fingerprint density at radius 3 is 1.43 bits per heavy atom. The predicted molar refractivity (Wildman–Crippen MR) is 352 cm³/mol. The molecular weight excluding hydrogens is 980 g/mol. The van der Waals surface area contributed by atoms with Crippen LogP contribution in [0.5, 0.6) is 0 Å². The van der Waals surface area contributed by atoms with Gasteiger partial charge < -0.3 is 19.3 Å². The van der Waals surface area contributed by atoms with Gasteiger partial charge in [0.15, 0.2) is 0 Å². The maximum absolute atomic E-state index is 2.68. The summed E-state index contributed by atoms with van der Waals surface area (Å²) in [5, 5.41) is 2.47. The van der Waals surface area contributed by atoms with Crippen molar-refractivity contribution >= 4 is 96.1 Å². The summed E-state index contributed by atoms with van der Waals surface area (Å²) in [6.45, 7) is 39.6. The van der Waals surface area contributed by atoms with Crippen molar-refractivity contribution in [1.29, 1.82) is 0 Å². The summed E-state index contributed by atoms with van der Waals surface area (Å²) in [5.74, 6) is 0. The third kappa shape index (κ3) is 9.26. The predicted octanol–water partition coefficient (Wildman–Crippen LogP) is 19.4. The van der Waals surface area contributed by atoms with Gasteiger partial charge in [-0.3, -0.25) is 0 Å². The Balaban J connectivity index is 1.18. The average Bonchev–Trinajstić information content (AvgIpc) is 3.02. The van der Waals surface area contributed by atoms with Gasteiger partial charge in [0.25, 0.3) is 6.71 Å². The topological polar surface area (TPSA) is 14.7 Å². The van der Waals surface area contributed by atoms with E-state index in [4.69, 9.17) is 0 Å². The average molecular weight is 1060 g/mol. The lowest BCUT2D eigenvalue weighted by molar-refractivity contribution is 0.589. The van der Waals surface area contributed by atoms with Crippen molar-refractivity contribution in [3.63, 3.8) is 0 Å². The molecule has 4 nitrogen and oxygen atoms in total. The molecule has 0 fully saturated rings. The van der Waals surface area contributed by atoms with Gasteiger partial charge in [0, 0.05) is 62.0 Å². The van der Waals surface area contributed by atoms with E-state index in [1.54, 1.807) is 0 Å². The zero-order valence-corrected chi connectivity index (χ0v) is 51.2. The van der Waals surface area contributed by atoms with E-state index in [0.29, 0.717) is 0 Å². The van der Waals surface area contributed by atoms with Crippen LogP contribution in [0, 0.1) is 13.8 Å². The van der Waals surface area contributed by atoms with Crippen LogP contribution in [0.1, 0.15) is 143 Å². The fourth-order valence-corrected chi connectivity index (χ4v) is 12.9. The molecule has 0 saturated carbocycles. The summed E-state index contributed by atoms with van der Waals surface area (Å²) in [4.78, 5) is 7.77. The Kier molecular flexibility index (Phi) is 12.6. The maximum atomic E-state index is 2.68. The smallest absolute Gasteiger partial charge is 0.252 e. The Morgan fingerprint density at radius 1 is 0.333 bits per heavy atom. The lowest BCUT2D eigenvalue weighted by Gasteiger charge is -2.46. The van der Waals surface area contributed by atoms with Crippen LogP contribution in [0.2, 0.25) is 0 Å². The minimum Gasteiger partial charge on any atom is -0.311 e. The molecular formula is C76H81BN4. The molecule has 0 unspecified atom stereocenters. The first-order valence-corrected chi connectivity index (χ1v) is 29.5. The van der Waals surface area contributed by atoms with Crippen LogP contribution >= 0.6 is 0 Å². The highest BCUT2D eigenvalue weighted by molar-refractivity contribution is 7.00. The SMILES string of the molecule is Cc1cc(C(C)(C)C)cc(C)c1N1c2cc(N(c3ccc(C(C)(C)C)cc3)c3ccc4c5ccccc5n(-c5ccccc5)c4c3)ccc2B2c3cc(C(C)(C)C)ccc3N(c3ccc(C(C)(C)C)cc3)c3cc(C(C)(C)C)cc1c32. The van der Waals surface area contributed by atoms with Gasteiger partial charge in [-0.05, 0) is 181 Å². The number of nitrogens with zero attached hydrogens (tertiary/aromatic N) is 4. The van der Waals surface area contributed by atoms with Crippen LogP contribution in [-0.2, 0) is 27.1 Å². The second kappa shape index (κ2) is 18.9. The highest BCUT2D eigenvalue weighted by Crippen LogP contribution is 2.50. The van der Waals surface area contributed by atoms with Gasteiger partial charge in [0.05, 0.1) is 16.7 Å². The molecule has 3 heterocycles. The normalized spacial score (nSPS) is 13.7. The van der Waals surface area contributed by atoms with E-state index in [2.05, 4.69) is 319 Å². The highest BCUT2D eigenvalue weighted by atomic mass is 15.2. The number of aryl methyl sites for hydroxylation is 2. The minimum atomic E-state index is -0.163. The lowest BCUT2D eigenvalue weighted by Crippen LogP contribution is -2.61. The molecule has 408 valence electrons. The first-order valence-electron chi connectivity index (χ1n) is 29.5. The Hall–Kier alpha value is -7.76. The maximum Gasteiger partial charge on any atom is 0.252 e. The molecule has 0 aliphatic carbocycles. The van der Waals surface area contributed by atoms with E-state index in [-0.39, 0.29) is 33.8 Å². The number of hydrogen-bond donors (Lipinski definition) is 0. The van der Waals surface area contributed by atoms with Crippen LogP contribution in [0.3, 0.4) is 0 Å². The van der Waals surface area contributed by atoms with Crippen molar-refractivity contribution in [3.05, 3.63) is 221 Å². The third-order valence-electron chi connectivity index (χ3n) is 17.5. The van der Waals surface area contributed by atoms with Gasteiger partial charge in [-0.1, -0.05) is 201 Å². The number of anilines is 9. The van der Waals surface area contributed by atoms with Crippen LogP contribution in [-0.4, -0.2) is 11.3 Å². The molecule has 10 aromatic rings. The quantitative estimate of drug-likeness (QED) is 0.154. The monoisotopic (exact) mass is 1060 g/mol. The molecule has 0 bridgehead atoms. The molecule has 5 heteroatoms. The lowest BCUT2D eigenvalue weighted by atomic mass is 9.33. The van der Waals surface area contributed by atoms with Crippen LogP contribution < -0.4 is 31.1 Å². The molecule has 1 aromatic heterocycles. The second-order valence-corrected chi connectivity index (χ2v) is 28.6. The van der Waals surface area contributed by atoms with Gasteiger partial charge in [-0.15, -0.1) is 0 Å². The summed E-state index contributed by atoms with van der Waals surface area (Å²) >= 11 is 0. The number of aromatic nitrogens is 1. The fraction of sp³-hybridized carbons (Fsp3) is 0.289. The molecule has 9 aromatic carbocycles. The number of benzene rings is 9. The summed E-state index contributed by atoms with van der Waals surface area (Å²) in [5.41, 5.74) is 27.0. The number of rotatable bonds is 6. The van der Waals surface area contributed by atoms with E-state index in [1.165, 1.54) is 111 Å². The standard InChI is InChI=1S/C76H81BN4/c1-48-41-53(75(12,13)14)42-49(2)71(48)81-67-47-59(78(56-32-27-50(28-33-56)72(3,4)5)58-36-38-61-60-25-21-22-26-64(60)79(66(61)46-58)55-23-19-18-20-24-55)37-39-62(67)77-63-43-52(74(9,10)11)31-40-65(63)80(57-34-29-51(30-35-57)73(6,7)8)68-44-54(76(15,16)17)45-69(81)70(68)77/h18-47H,1-17H3. The van der Waals surface area contributed by atoms with E-state index in [0.717, 1.165) is 22.7 Å². The largest absolute Gasteiger partial charge is 0.311 e. The molecule has 2 aliphatic rings. The molecule has 0 saturated heterocycles. The summed E-state index contributed by atoms with van der Waals surface area (Å²) in [6.07, 6.45) is 0. The van der Waals surface area contributed by atoms with Gasteiger partial charge in [0.1, 0.15) is 0 Å². The number of fused-ring (bicyclic) bond motifs is 7. The van der Waals surface area contributed by atoms with E-state index < -0.39 is 0 Å². The van der Waals surface area contributed by atoms with Crippen LogP contribution in [0.25, 0.3) is 27.5 Å². The molecule has 0 spiro atoms. The third-order valence-corrected chi connectivity index (χ3v) is 17.5. The molecule has 0 atom stereocenters. The van der Waals surface area contributed by atoms with Gasteiger partial charge in [-0.2, -0.15) is 0 Å². The Labute approximate surface area is 484 Å². The van der Waals surface area contributed by atoms with Crippen LogP contribution in [0.4, 0.5) is 51.2 Å². The van der Waals surface area contributed by atoms with Crippen molar-refractivity contribution in [2.45, 2.75) is 145 Å². The minimum absolute atomic E-state index is 0.00375. The first kappa shape index (κ1) is 53.9. The molecule has 81 heavy (non-hydrogen) atoms. The van der Waals surface area contributed by atoms with E-state index in [1.807, 2.05) is 0 Å². The summed E-state index contributed by atoms with van der Waals surface area (Å²) in [7, 11) is 0. The van der Waals surface area contributed by atoms with Gasteiger partial charge in [0.2, 0.25) is 0 Å². The molecule has 0 N–H and O–H groups in total. The van der Waals surface area contributed by atoms with Crippen LogP contribution in [0.15, 0.2) is 182 Å². The number of para-hydroxylation sites is 2. The Morgan fingerprint density at radius 2 is 0.827 bits per heavy atom. The first-order chi connectivity index (χ1) is 38.2. The van der Waals surface area contributed by atoms with Crippen molar-refractivity contribution in [2.75, 3.05) is 14.7 Å². The van der Waals surface area contributed by atoms with Crippen molar-refractivity contribution in [2.24, 2.45) is 0 Å². The number of hydrogen-bond acceptors (Lipinski definition) is 3. The second-order valence-electron chi connectivity index (χ2n) is 28.6. The molecule has 12 rings (SSSR count). The van der Waals surface area contributed by atoms with Crippen molar-refractivity contribution < 1.29 is 0 Å². The van der Waals surface area contributed by atoms with E-state index in [9.17, 15) is 0 Å². The fourth-order valence-electron chi connectivity index (χ4n) is 12.9. The van der Waals surface area contributed by atoms with Gasteiger partial charge in [-0.25, -0.2) is 0 Å². The van der Waals surface area contributed by atoms with Crippen molar-refractivity contribution in [1.82, 2.24) is 4.57 Å².